The van der Waals surface area contributed by atoms with Crippen molar-refractivity contribution in [1.29, 1.82) is 5.41 Å². The van der Waals surface area contributed by atoms with Gasteiger partial charge in [0.05, 0.1) is 11.3 Å². The SMILES string of the molecule is C#Cc1cccc(NC(=O)/C(=N\Nc2c(O)c(-c3cccc(C(=O)O)c3)cc3c2CCC3)C(C)=N)c1. The van der Waals surface area contributed by atoms with Gasteiger partial charge in [0.1, 0.15) is 11.4 Å². The van der Waals surface area contributed by atoms with Gasteiger partial charge >= 0.3 is 5.97 Å². The molecule has 0 bridgehead atoms. The monoisotopic (exact) mass is 480 g/mol. The number of hydrazone groups is 1. The smallest absolute Gasteiger partial charge is 0.335 e. The lowest BCUT2D eigenvalue weighted by atomic mass is 9.96. The average molecular weight is 481 g/mol. The third kappa shape index (κ3) is 4.95. The maximum atomic E-state index is 12.9. The first-order valence-electron chi connectivity index (χ1n) is 11.3. The van der Waals surface area contributed by atoms with E-state index in [-0.39, 0.29) is 22.7 Å². The molecular formula is C28H24N4O4. The van der Waals surface area contributed by atoms with Gasteiger partial charge in [0.25, 0.3) is 5.91 Å². The van der Waals surface area contributed by atoms with Crippen LogP contribution in [0.3, 0.4) is 0 Å². The summed E-state index contributed by atoms with van der Waals surface area (Å²) in [6, 6.07) is 14.9. The highest BCUT2D eigenvalue weighted by atomic mass is 16.4. The standard InChI is InChI=1S/C28H24N4O4/c1-3-17-7-4-11-21(13-17)30-27(34)24(16(2)29)31-32-25-22-12-6-9-19(22)15-23(26(25)33)18-8-5-10-20(14-18)28(35)36/h1,4-5,7-8,10-11,13-15,29,32-33H,6,9,12H2,2H3,(H,30,34)(H,35,36)/b29-16?,31-24-. The van der Waals surface area contributed by atoms with E-state index in [4.69, 9.17) is 11.8 Å². The zero-order chi connectivity index (χ0) is 25.8. The highest BCUT2D eigenvalue weighted by Crippen LogP contribution is 2.43. The Balaban J connectivity index is 1.70. The van der Waals surface area contributed by atoms with Gasteiger partial charge in [-0.15, -0.1) is 6.42 Å². The number of fused-ring (bicyclic) bond motifs is 1. The van der Waals surface area contributed by atoms with E-state index in [0.717, 1.165) is 24.0 Å². The second-order valence-electron chi connectivity index (χ2n) is 8.40. The first kappa shape index (κ1) is 24.2. The topological polar surface area (TPSA) is 135 Å². The number of carboxylic acids is 1. The number of rotatable bonds is 7. The molecule has 3 aromatic rings. The van der Waals surface area contributed by atoms with Crippen molar-refractivity contribution in [2.24, 2.45) is 5.10 Å². The Bertz CT molecular complexity index is 1470. The number of aryl methyl sites for hydroxylation is 1. The molecule has 0 heterocycles. The van der Waals surface area contributed by atoms with Gasteiger partial charge in [0.15, 0.2) is 5.71 Å². The average Bonchev–Trinajstić information content (AvgIpc) is 3.33. The van der Waals surface area contributed by atoms with Crippen LogP contribution in [0.25, 0.3) is 11.1 Å². The van der Waals surface area contributed by atoms with Gasteiger partial charge in [-0.05, 0) is 79.3 Å². The normalized spacial score (nSPS) is 12.4. The summed E-state index contributed by atoms with van der Waals surface area (Å²) < 4.78 is 0. The molecule has 0 aromatic heterocycles. The van der Waals surface area contributed by atoms with Crippen molar-refractivity contribution in [2.75, 3.05) is 10.7 Å². The number of nitrogens with one attached hydrogen (secondary N) is 3. The first-order valence-corrected chi connectivity index (χ1v) is 11.3. The minimum absolute atomic E-state index is 0.0745. The first-order chi connectivity index (χ1) is 17.3. The zero-order valence-electron chi connectivity index (χ0n) is 19.6. The van der Waals surface area contributed by atoms with Gasteiger partial charge in [-0.1, -0.05) is 24.1 Å². The highest BCUT2D eigenvalue weighted by molar-refractivity contribution is 6.67. The van der Waals surface area contributed by atoms with E-state index in [2.05, 4.69) is 21.8 Å². The van der Waals surface area contributed by atoms with Crippen molar-refractivity contribution < 1.29 is 19.8 Å². The number of carbonyl (C=O) groups is 2. The van der Waals surface area contributed by atoms with Crippen LogP contribution in [-0.2, 0) is 17.6 Å². The molecule has 0 atom stereocenters. The molecule has 1 amide bonds. The van der Waals surface area contributed by atoms with Crippen LogP contribution in [0.5, 0.6) is 5.75 Å². The molecular weight excluding hydrogens is 456 g/mol. The summed E-state index contributed by atoms with van der Waals surface area (Å²) in [7, 11) is 0. The van der Waals surface area contributed by atoms with E-state index in [1.165, 1.54) is 19.1 Å². The summed E-state index contributed by atoms with van der Waals surface area (Å²) in [5.41, 5.74) is 6.97. The fourth-order valence-corrected chi connectivity index (χ4v) is 4.19. The van der Waals surface area contributed by atoms with E-state index < -0.39 is 11.9 Å². The second-order valence-corrected chi connectivity index (χ2v) is 8.40. The predicted molar refractivity (Wildman–Crippen MR) is 140 cm³/mol. The van der Waals surface area contributed by atoms with E-state index in [1.54, 1.807) is 36.4 Å². The largest absolute Gasteiger partial charge is 0.505 e. The van der Waals surface area contributed by atoms with Crippen LogP contribution in [0.1, 0.15) is 40.4 Å². The molecule has 0 fully saturated rings. The number of hydrogen-bond donors (Lipinski definition) is 5. The van der Waals surface area contributed by atoms with E-state index >= 15 is 0 Å². The Hall–Kier alpha value is -4.90. The highest BCUT2D eigenvalue weighted by Gasteiger charge is 2.23. The zero-order valence-corrected chi connectivity index (χ0v) is 19.6. The lowest BCUT2D eigenvalue weighted by molar-refractivity contribution is -0.110. The molecule has 36 heavy (non-hydrogen) atoms. The molecule has 1 aliphatic rings. The molecule has 0 radical (unpaired) electrons. The third-order valence-corrected chi connectivity index (χ3v) is 5.93. The number of anilines is 2. The maximum Gasteiger partial charge on any atom is 0.335 e. The Labute approximate surface area is 208 Å². The van der Waals surface area contributed by atoms with Gasteiger partial charge in [-0.3, -0.25) is 10.2 Å². The van der Waals surface area contributed by atoms with E-state index in [9.17, 15) is 19.8 Å². The van der Waals surface area contributed by atoms with E-state index in [1.807, 2.05) is 6.07 Å². The number of aromatic carboxylic acids is 1. The summed E-state index contributed by atoms with van der Waals surface area (Å²) >= 11 is 0. The molecule has 0 aliphatic heterocycles. The van der Waals surface area contributed by atoms with Gasteiger partial charge in [0.2, 0.25) is 0 Å². The molecule has 5 N–H and O–H groups in total. The molecule has 0 saturated heterocycles. The Morgan fingerprint density at radius 2 is 1.89 bits per heavy atom. The molecule has 0 spiro atoms. The molecule has 180 valence electrons. The number of terminal acetylenes is 1. The fraction of sp³-hybridized carbons (Fsp3) is 0.143. The van der Waals surface area contributed by atoms with E-state index in [0.29, 0.717) is 34.5 Å². The number of aromatic hydroxyl groups is 1. The number of carboxylic acid groups (broad SMARTS) is 1. The van der Waals surface area contributed by atoms with Gasteiger partial charge in [0, 0.05) is 16.8 Å². The summed E-state index contributed by atoms with van der Waals surface area (Å²) in [6.07, 6.45) is 7.81. The fourth-order valence-electron chi connectivity index (χ4n) is 4.19. The molecule has 0 saturated carbocycles. The molecule has 3 aromatic carbocycles. The predicted octanol–water partition coefficient (Wildman–Crippen LogP) is 4.67. The Kier molecular flexibility index (Phi) is 6.84. The van der Waals surface area contributed by atoms with Crippen molar-refractivity contribution in [3.63, 3.8) is 0 Å². The lowest BCUT2D eigenvalue weighted by Gasteiger charge is -2.16. The van der Waals surface area contributed by atoms with Crippen LogP contribution < -0.4 is 10.7 Å². The van der Waals surface area contributed by atoms with Crippen molar-refractivity contribution in [1.82, 2.24) is 0 Å². The van der Waals surface area contributed by atoms with Crippen LogP contribution in [0, 0.1) is 17.8 Å². The number of nitrogens with zero attached hydrogens (tertiary/aromatic N) is 1. The maximum absolute atomic E-state index is 12.9. The summed E-state index contributed by atoms with van der Waals surface area (Å²) in [6.45, 7) is 1.44. The molecule has 0 unspecified atom stereocenters. The number of amides is 1. The number of phenolic OH excluding ortho intramolecular Hbond substituents is 1. The number of benzene rings is 3. The van der Waals surface area contributed by atoms with Crippen molar-refractivity contribution in [2.45, 2.75) is 26.2 Å². The van der Waals surface area contributed by atoms with Crippen LogP contribution in [0.4, 0.5) is 11.4 Å². The second kappa shape index (κ2) is 10.2. The van der Waals surface area contributed by atoms with Crippen LogP contribution in [-0.4, -0.2) is 33.5 Å². The lowest BCUT2D eigenvalue weighted by Crippen LogP contribution is -2.29. The summed E-state index contributed by atoms with van der Waals surface area (Å²) in [4.78, 5) is 24.3. The molecule has 8 nitrogen and oxygen atoms in total. The van der Waals surface area contributed by atoms with Crippen molar-refractivity contribution >= 4 is 34.7 Å². The Morgan fingerprint density at radius 3 is 2.61 bits per heavy atom. The van der Waals surface area contributed by atoms with Crippen molar-refractivity contribution in [3.8, 4) is 29.2 Å². The summed E-state index contributed by atoms with van der Waals surface area (Å²) in [5, 5.41) is 35.5. The van der Waals surface area contributed by atoms with Gasteiger partial charge in [-0.2, -0.15) is 5.10 Å². The minimum atomic E-state index is -1.06. The van der Waals surface area contributed by atoms with Crippen LogP contribution in [0.2, 0.25) is 0 Å². The van der Waals surface area contributed by atoms with Gasteiger partial charge < -0.3 is 20.9 Å². The van der Waals surface area contributed by atoms with Crippen molar-refractivity contribution in [3.05, 3.63) is 76.9 Å². The number of phenols is 1. The third-order valence-electron chi connectivity index (χ3n) is 5.93. The quantitative estimate of drug-likeness (QED) is 0.145. The van der Waals surface area contributed by atoms with Gasteiger partial charge in [-0.25, -0.2) is 4.79 Å². The molecule has 8 heteroatoms. The Morgan fingerprint density at radius 1 is 1.11 bits per heavy atom. The summed E-state index contributed by atoms with van der Waals surface area (Å²) in [5.74, 6) is 0.725. The number of hydrogen-bond acceptors (Lipinski definition) is 6. The van der Waals surface area contributed by atoms with Crippen LogP contribution in [0.15, 0.2) is 59.7 Å². The van der Waals surface area contributed by atoms with Crippen LogP contribution >= 0.6 is 0 Å². The minimum Gasteiger partial charge on any atom is -0.505 e. The number of carbonyl (C=O) groups excluding carboxylic acids is 1. The molecule has 1 aliphatic carbocycles. The molecule has 4 rings (SSSR count).